The molecular formula is C21H30N3O2+. The van der Waals surface area contributed by atoms with Crippen LogP contribution in [0, 0.1) is 0 Å². The van der Waals surface area contributed by atoms with E-state index in [0.717, 1.165) is 64.4 Å². The first-order valence-corrected chi connectivity index (χ1v) is 9.82. The minimum atomic E-state index is 0.0310. The Morgan fingerprint density at radius 3 is 2.69 bits per heavy atom. The van der Waals surface area contributed by atoms with E-state index in [9.17, 15) is 4.79 Å². The van der Waals surface area contributed by atoms with E-state index in [0.29, 0.717) is 0 Å². The van der Waals surface area contributed by atoms with E-state index in [1.165, 1.54) is 31.2 Å². The molecule has 0 amide bonds. The first kappa shape index (κ1) is 17.4. The van der Waals surface area contributed by atoms with Crippen LogP contribution in [0.15, 0.2) is 16.9 Å². The number of ether oxygens (including phenoxy) is 1. The summed E-state index contributed by atoms with van der Waals surface area (Å²) in [5, 5.41) is 4.44. The number of anilines is 1. The van der Waals surface area contributed by atoms with Crippen LogP contribution in [0.1, 0.15) is 43.2 Å². The lowest BCUT2D eigenvalue weighted by Gasteiger charge is -2.36. The molecule has 2 aromatic rings. The summed E-state index contributed by atoms with van der Waals surface area (Å²) in [5.41, 5.74) is 3.95. The summed E-state index contributed by atoms with van der Waals surface area (Å²) in [4.78, 5) is 15.6. The summed E-state index contributed by atoms with van der Waals surface area (Å²) in [6.45, 7) is 1.85. The second kappa shape index (κ2) is 6.62. The van der Waals surface area contributed by atoms with Crippen molar-refractivity contribution < 1.29 is 9.22 Å². The number of quaternary nitrogens is 1. The number of rotatable bonds is 4. The third-order valence-electron chi connectivity index (χ3n) is 6.26. The van der Waals surface area contributed by atoms with Crippen LogP contribution in [0.3, 0.4) is 0 Å². The largest absolute Gasteiger partial charge is 0.496 e. The van der Waals surface area contributed by atoms with E-state index in [1.807, 2.05) is 0 Å². The van der Waals surface area contributed by atoms with Crippen LogP contribution in [0.4, 0.5) is 5.69 Å². The Balaban J connectivity index is 1.79. The molecule has 2 heterocycles. The van der Waals surface area contributed by atoms with E-state index in [1.54, 1.807) is 7.11 Å². The van der Waals surface area contributed by atoms with E-state index < -0.39 is 0 Å². The Bertz CT molecular complexity index is 879. The Morgan fingerprint density at radius 2 is 1.96 bits per heavy atom. The van der Waals surface area contributed by atoms with E-state index >= 15 is 0 Å². The molecule has 1 aromatic carbocycles. The molecule has 1 fully saturated rings. The Morgan fingerprint density at radius 1 is 1.19 bits per heavy atom. The topological polar surface area (TPSA) is 54.1 Å². The lowest BCUT2D eigenvalue weighted by Crippen LogP contribution is -2.46. The maximum Gasteiger partial charge on any atom is 0.253 e. The molecule has 1 aliphatic carbocycles. The fourth-order valence-electron chi connectivity index (χ4n) is 4.86. The van der Waals surface area contributed by atoms with E-state index in [-0.39, 0.29) is 5.56 Å². The molecule has 0 unspecified atom stereocenters. The third kappa shape index (κ3) is 2.98. The molecule has 2 N–H and O–H groups in total. The summed E-state index contributed by atoms with van der Waals surface area (Å²) < 4.78 is 6.73. The molecule has 0 radical (unpaired) electrons. The first-order chi connectivity index (χ1) is 12.5. The molecule has 0 spiro atoms. The number of H-pyrrole nitrogens is 1. The van der Waals surface area contributed by atoms with Gasteiger partial charge in [-0.15, -0.1) is 0 Å². The molecule has 4 rings (SSSR count). The number of nitrogens with zero attached hydrogens (tertiary/aromatic N) is 1. The van der Waals surface area contributed by atoms with Gasteiger partial charge >= 0.3 is 0 Å². The highest BCUT2D eigenvalue weighted by Crippen LogP contribution is 2.37. The predicted molar refractivity (Wildman–Crippen MR) is 106 cm³/mol. The van der Waals surface area contributed by atoms with Gasteiger partial charge in [-0.05, 0) is 50.7 Å². The standard InChI is InChI=1S/C21H29N3O2/c1-24(2,15-7-4-5-8-15)13-14-11-17-19(18(12-14)26-3)20-16(21(25)23-17)9-6-10-22-20/h11-12,15H,4-10,13H2,1-3H3,(H-,22,23,25)/p+1. The predicted octanol–water partition coefficient (Wildman–Crippen LogP) is 3.41. The normalized spacial score (nSPS) is 18.0. The van der Waals surface area contributed by atoms with Crippen molar-refractivity contribution in [3.8, 4) is 5.75 Å². The highest BCUT2D eigenvalue weighted by atomic mass is 16.5. The van der Waals surface area contributed by atoms with Crippen LogP contribution in [-0.4, -0.2) is 43.3 Å². The molecule has 26 heavy (non-hydrogen) atoms. The van der Waals surface area contributed by atoms with Crippen molar-refractivity contribution in [2.24, 2.45) is 0 Å². The summed E-state index contributed by atoms with van der Waals surface area (Å²) >= 11 is 0. The second-order valence-corrected chi connectivity index (χ2v) is 8.43. The van der Waals surface area contributed by atoms with Gasteiger partial charge in [0.2, 0.25) is 0 Å². The summed E-state index contributed by atoms with van der Waals surface area (Å²) in [7, 11) is 6.36. The van der Waals surface area contributed by atoms with Crippen LogP contribution in [0.25, 0.3) is 10.9 Å². The molecule has 0 saturated heterocycles. The smallest absolute Gasteiger partial charge is 0.253 e. The number of nitrogens with one attached hydrogen (secondary N) is 2. The minimum Gasteiger partial charge on any atom is -0.496 e. The van der Waals surface area contributed by atoms with Crippen molar-refractivity contribution in [1.82, 2.24) is 4.98 Å². The van der Waals surface area contributed by atoms with Gasteiger partial charge in [-0.3, -0.25) is 4.79 Å². The number of benzene rings is 1. The van der Waals surface area contributed by atoms with Crippen LogP contribution < -0.4 is 15.6 Å². The van der Waals surface area contributed by atoms with Gasteiger partial charge < -0.3 is 19.5 Å². The maximum atomic E-state index is 12.5. The number of hydrogen-bond donors (Lipinski definition) is 2. The van der Waals surface area contributed by atoms with Crippen molar-refractivity contribution in [3.63, 3.8) is 0 Å². The zero-order valence-corrected chi connectivity index (χ0v) is 16.2. The fraction of sp³-hybridized carbons (Fsp3) is 0.571. The number of methoxy groups -OCH3 is 1. The number of hydrogen-bond acceptors (Lipinski definition) is 3. The zero-order valence-electron chi connectivity index (χ0n) is 16.2. The molecule has 2 aliphatic rings. The van der Waals surface area contributed by atoms with Gasteiger partial charge in [-0.1, -0.05) is 0 Å². The highest BCUT2D eigenvalue weighted by molar-refractivity contribution is 5.98. The number of fused-ring (bicyclic) bond motifs is 3. The van der Waals surface area contributed by atoms with Crippen molar-refractivity contribution in [2.75, 3.05) is 33.1 Å². The van der Waals surface area contributed by atoms with Crippen molar-refractivity contribution in [3.05, 3.63) is 33.6 Å². The number of pyridine rings is 1. The van der Waals surface area contributed by atoms with Crippen LogP contribution in [0.5, 0.6) is 5.75 Å². The monoisotopic (exact) mass is 356 g/mol. The molecule has 5 nitrogen and oxygen atoms in total. The number of aromatic nitrogens is 1. The van der Waals surface area contributed by atoms with Gasteiger partial charge in [0, 0.05) is 17.7 Å². The van der Waals surface area contributed by atoms with Gasteiger partial charge in [-0.2, -0.15) is 0 Å². The van der Waals surface area contributed by atoms with Gasteiger partial charge in [0.15, 0.2) is 0 Å². The van der Waals surface area contributed by atoms with Crippen LogP contribution >= 0.6 is 0 Å². The zero-order chi connectivity index (χ0) is 18.3. The maximum absolute atomic E-state index is 12.5. The Labute approximate surface area is 154 Å². The van der Waals surface area contributed by atoms with Gasteiger partial charge in [-0.25, -0.2) is 0 Å². The van der Waals surface area contributed by atoms with Crippen LogP contribution in [0.2, 0.25) is 0 Å². The summed E-state index contributed by atoms with van der Waals surface area (Å²) in [5.74, 6) is 0.853. The number of aromatic amines is 1. The van der Waals surface area contributed by atoms with E-state index in [2.05, 4.69) is 36.5 Å². The molecular weight excluding hydrogens is 326 g/mol. The average molecular weight is 356 g/mol. The molecule has 0 atom stereocenters. The first-order valence-electron chi connectivity index (χ1n) is 9.82. The molecule has 140 valence electrons. The minimum absolute atomic E-state index is 0.0310. The Hall–Kier alpha value is -2.01. The van der Waals surface area contributed by atoms with Gasteiger partial charge in [0.25, 0.3) is 5.56 Å². The van der Waals surface area contributed by atoms with Gasteiger partial charge in [0.1, 0.15) is 12.3 Å². The molecule has 1 aromatic heterocycles. The molecule has 1 saturated carbocycles. The third-order valence-corrected chi connectivity index (χ3v) is 6.26. The molecule has 1 aliphatic heterocycles. The summed E-state index contributed by atoms with van der Waals surface area (Å²) in [6, 6.07) is 5.03. The Kier molecular flexibility index (Phi) is 4.43. The van der Waals surface area contributed by atoms with Crippen molar-refractivity contribution in [2.45, 2.75) is 51.1 Å². The van der Waals surface area contributed by atoms with Crippen molar-refractivity contribution >= 4 is 16.6 Å². The van der Waals surface area contributed by atoms with Crippen molar-refractivity contribution in [1.29, 1.82) is 0 Å². The second-order valence-electron chi connectivity index (χ2n) is 8.43. The van der Waals surface area contributed by atoms with Crippen LogP contribution in [-0.2, 0) is 13.0 Å². The molecule has 0 bridgehead atoms. The fourth-order valence-corrected chi connectivity index (χ4v) is 4.86. The average Bonchev–Trinajstić information content (AvgIpc) is 3.16. The quantitative estimate of drug-likeness (QED) is 0.826. The highest BCUT2D eigenvalue weighted by Gasteiger charge is 2.31. The molecule has 5 heteroatoms. The van der Waals surface area contributed by atoms with E-state index in [4.69, 9.17) is 4.74 Å². The lowest BCUT2D eigenvalue weighted by molar-refractivity contribution is -0.927. The van der Waals surface area contributed by atoms with Gasteiger partial charge in [0.05, 0.1) is 43.8 Å². The SMILES string of the molecule is COc1cc(C[N+](C)(C)C2CCCC2)cc2[nH]c(=O)c3c(c12)NCCC3. The lowest BCUT2D eigenvalue weighted by atomic mass is 9.99. The summed E-state index contributed by atoms with van der Waals surface area (Å²) in [6.07, 6.45) is 7.13.